The van der Waals surface area contributed by atoms with Gasteiger partial charge in [-0.1, -0.05) is 44.2 Å². The lowest BCUT2D eigenvalue weighted by Gasteiger charge is -2.25. The van der Waals surface area contributed by atoms with E-state index in [1.165, 1.54) is 12.1 Å². The number of rotatable bonds is 8. The van der Waals surface area contributed by atoms with Crippen molar-refractivity contribution in [3.8, 4) is 0 Å². The van der Waals surface area contributed by atoms with Gasteiger partial charge < -0.3 is 0 Å². The molecule has 0 fully saturated rings. The van der Waals surface area contributed by atoms with Crippen LogP contribution >= 0.6 is 0 Å². The van der Waals surface area contributed by atoms with Crippen LogP contribution in [0, 0.1) is 13.8 Å². The normalized spacial score (nSPS) is 11.0. The zero-order valence-corrected chi connectivity index (χ0v) is 17.6. The second-order valence-electron chi connectivity index (χ2n) is 6.53. The maximum absolute atomic E-state index is 13.3. The Morgan fingerprint density at radius 3 is 2.29 bits per heavy atom. The molecular weight excluding hydrogens is 374 g/mol. The van der Waals surface area contributed by atoms with Gasteiger partial charge in [-0.05, 0) is 56.0 Å². The summed E-state index contributed by atoms with van der Waals surface area (Å²) >= 11 is 0. The predicted molar refractivity (Wildman–Crippen MR) is 113 cm³/mol. The van der Waals surface area contributed by atoms with Crippen LogP contribution in [0.1, 0.15) is 37.8 Å². The second kappa shape index (κ2) is 9.50. The molecule has 28 heavy (non-hydrogen) atoms. The molecule has 7 heteroatoms. The van der Waals surface area contributed by atoms with E-state index in [2.05, 4.69) is 10.5 Å². The van der Waals surface area contributed by atoms with Crippen molar-refractivity contribution in [1.82, 2.24) is 5.43 Å². The number of hydrogen-bond donors (Lipinski definition) is 1. The summed E-state index contributed by atoms with van der Waals surface area (Å²) < 4.78 is 27.7. The van der Waals surface area contributed by atoms with Gasteiger partial charge in [0.15, 0.2) is 0 Å². The number of carbonyl (C=O) groups excluding carboxylic acids is 1. The number of aryl methyl sites for hydroxylation is 2. The molecule has 0 bridgehead atoms. The van der Waals surface area contributed by atoms with E-state index < -0.39 is 15.9 Å². The van der Waals surface area contributed by atoms with Crippen molar-refractivity contribution in [2.45, 2.75) is 45.4 Å². The van der Waals surface area contributed by atoms with Crippen LogP contribution in [0.15, 0.2) is 58.5 Å². The zero-order chi connectivity index (χ0) is 20.7. The van der Waals surface area contributed by atoms with Crippen LogP contribution < -0.4 is 9.73 Å². The fourth-order valence-corrected chi connectivity index (χ4v) is 4.22. The van der Waals surface area contributed by atoms with Crippen molar-refractivity contribution >= 4 is 27.3 Å². The highest BCUT2D eigenvalue weighted by molar-refractivity contribution is 7.92. The first-order valence-corrected chi connectivity index (χ1v) is 10.7. The third-order valence-corrected chi connectivity index (χ3v) is 6.18. The van der Waals surface area contributed by atoms with Gasteiger partial charge in [-0.25, -0.2) is 13.8 Å². The molecule has 2 aromatic rings. The van der Waals surface area contributed by atoms with E-state index in [0.717, 1.165) is 34.0 Å². The number of hydrazone groups is 1. The van der Waals surface area contributed by atoms with Crippen LogP contribution in [0.25, 0.3) is 0 Å². The SMILES string of the molecule is CCC(CC)=NNC(=O)CN(c1cc(C)ccc1C)S(=O)(=O)c1ccccc1. The summed E-state index contributed by atoms with van der Waals surface area (Å²) in [6.45, 7) is 7.26. The Kier molecular flexibility index (Phi) is 7.34. The fraction of sp³-hybridized carbons (Fsp3) is 0.333. The Morgan fingerprint density at radius 1 is 1.04 bits per heavy atom. The van der Waals surface area contributed by atoms with Crippen molar-refractivity contribution < 1.29 is 13.2 Å². The smallest absolute Gasteiger partial charge is 0.264 e. The summed E-state index contributed by atoms with van der Waals surface area (Å²) in [5.41, 5.74) is 5.49. The molecule has 150 valence electrons. The molecule has 0 radical (unpaired) electrons. The maximum atomic E-state index is 13.3. The predicted octanol–water partition coefficient (Wildman–Crippen LogP) is 3.79. The third kappa shape index (κ3) is 5.19. The number of nitrogens with one attached hydrogen (secondary N) is 1. The molecule has 2 aromatic carbocycles. The molecule has 0 saturated heterocycles. The van der Waals surface area contributed by atoms with Gasteiger partial charge in [-0.3, -0.25) is 9.10 Å². The molecule has 0 atom stereocenters. The monoisotopic (exact) mass is 401 g/mol. The van der Waals surface area contributed by atoms with Crippen molar-refractivity contribution in [2.24, 2.45) is 5.10 Å². The summed E-state index contributed by atoms with van der Waals surface area (Å²) in [6, 6.07) is 13.6. The molecule has 0 aromatic heterocycles. The van der Waals surface area contributed by atoms with E-state index in [4.69, 9.17) is 0 Å². The van der Waals surface area contributed by atoms with Gasteiger partial charge in [0.1, 0.15) is 6.54 Å². The van der Waals surface area contributed by atoms with Gasteiger partial charge in [-0.2, -0.15) is 5.10 Å². The van der Waals surface area contributed by atoms with E-state index in [1.807, 2.05) is 39.8 Å². The fourth-order valence-electron chi connectivity index (χ4n) is 2.72. The first kappa shape index (κ1) is 21.6. The Morgan fingerprint density at radius 2 is 1.68 bits per heavy atom. The van der Waals surface area contributed by atoms with E-state index in [1.54, 1.807) is 24.3 Å². The average Bonchev–Trinajstić information content (AvgIpc) is 2.69. The summed E-state index contributed by atoms with van der Waals surface area (Å²) in [5.74, 6) is -0.486. The number of anilines is 1. The number of carbonyl (C=O) groups is 1. The highest BCUT2D eigenvalue weighted by atomic mass is 32.2. The summed E-state index contributed by atoms with van der Waals surface area (Å²) in [4.78, 5) is 12.6. The lowest BCUT2D eigenvalue weighted by molar-refractivity contribution is -0.119. The first-order chi connectivity index (χ1) is 13.3. The van der Waals surface area contributed by atoms with Gasteiger partial charge in [0.2, 0.25) is 0 Å². The lowest BCUT2D eigenvalue weighted by atomic mass is 10.1. The topological polar surface area (TPSA) is 78.8 Å². The third-order valence-electron chi connectivity index (χ3n) is 4.41. The largest absolute Gasteiger partial charge is 0.271 e. The number of hydrogen-bond acceptors (Lipinski definition) is 4. The molecule has 0 spiro atoms. The molecule has 2 rings (SSSR count). The molecule has 0 aliphatic carbocycles. The second-order valence-corrected chi connectivity index (χ2v) is 8.40. The summed E-state index contributed by atoms with van der Waals surface area (Å²) in [6.07, 6.45) is 1.44. The Bertz CT molecular complexity index is 948. The lowest BCUT2D eigenvalue weighted by Crippen LogP contribution is -2.40. The standard InChI is InChI=1S/C21H27N3O3S/c1-5-18(6-2)22-23-21(25)15-24(20-14-16(3)12-13-17(20)4)28(26,27)19-10-8-7-9-11-19/h7-14H,5-6,15H2,1-4H3,(H,23,25). The van der Waals surface area contributed by atoms with Crippen LogP contribution in [-0.4, -0.2) is 26.6 Å². The molecule has 0 aliphatic rings. The number of benzene rings is 2. The maximum Gasteiger partial charge on any atom is 0.264 e. The van der Waals surface area contributed by atoms with E-state index in [0.29, 0.717) is 5.69 Å². The van der Waals surface area contributed by atoms with Gasteiger partial charge in [0.25, 0.3) is 15.9 Å². The molecule has 0 heterocycles. The zero-order valence-electron chi connectivity index (χ0n) is 16.8. The van der Waals surface area contributed by atoms with Crippen LogP contribution in [-0.2, 0) is 14.8 Å². The van der Waals surface area contributed by atoms with Crippen molar-refractivity contribution in [3.63, 3.8) is 0 Å². The highest BCUT2D eigenvalue weighted by Gasteiger charge is 2.28. The van der Waals surface area contributed by atoms with E-state index >= 15 is 0 Å². The molecule has 0 saturated carbocycles. The number of sulfonamides is 1. The van der Waals surface area contributed by atoms with Crippen molar-refractivity contribution in [2.75, 3.05) is 10.8 Å². The average molecular weight is 402 g/mol. The minimum absolute atomic E-state index is 0.134. The molecule has 0 unspecified atom stereocenters. The molecule has 1 N–H and O–H groups in total. The van der Waals surface area contributed by atoms with Gasteiger partial charge >= 0.3 is 0 Å². The van der Waals surface area contributed by atoms with Crippen molar-refractivity contribution in [3.05, 3.63) is 59.7 Å². The van der Waals surface area contributed by atoms with Crippen LogP contribution in [0.3, 0.4) is 0 Å². The van der Waals surface area contributed by atoms with Crippen LogP contribution in [0.2, 0.25) is 0 Å². The molecular formula is C21H27N3O3S. The van der Waals surface area contributed by atoms with E-state index in [9.17, 15) is 13.2 Å². The number of nitrogens with zero attached hydrogens (tertiary/aromatic N) is 2. The number of amides is 1. The van der Waals surface area contributed by atoms with Gasteiger partial charge in [-0.15, -0.1) is 0 Å². The van der Waals surface area contributed by atoms with Gasteiger partial charge in [0, 0.05) is 5.71 Å². The van der Waals surface area contributed by atoms with Gasteiger partial charge in [0.05, 0.1) is 10.6 Å². The Balaban J connectivity index is 2.44. The minimum atomic E-state index is -3.91. The van der Waals surface area contributed by atoms with E-state index in [-0.39, 0.29) is 11.4 Å². The van der Waals surface area contributed by atoms with Crippen molar-refractivity contribution in [1.29, 1.82) is 0 Å². The minimum Gasteiger partial charge on any atom is -0.271 e. The highest BCUT2D eigenvalue weighted by Crippen LogP contribution is 2.27. The molecule has 1 amide bonds. The Labute approximate surface area is 167 Å². The molecule has 6 nitrogen and oxygen atoms in total. The van der Waals surface area contributed by atoms with Crippen LogP contribution in [0.4, 0.5) is 5.69 Å². The summed E-state index contributed by atoms with van der Waals surface area (Å²) in [7, 11) is -3.91. The first-order valence-electron chi connectivity index (χ1n) is 9.28. The Hall–Kier alpha value is -2.67. The van der Waals surface area contributed by atoms with Crippen LogP contribution in [0.5, 0.6) is 0 Å². The quantitative estimate of drug-likeness (QED) is 0.540. The molecule has 0 aliphatic heterocycles. The summed E-state index contributed by atoms with van der Waals surface area (Å²) in [5, 5.41) is 4.10.